The molecule has 0 radical (unpaired) electrons. The molecule has 1 saturated heterocycles. The van der Waals surface area contributed by atoms with E-state index in [1.807, 2.05) is 44.4 Å². The van der Waals surface area contributed by atoms with Crippen LogP contribution in [0.2, 0.25) is 0 Å². The molecule has 1 aliphatic rings. The van der Waals surface area contributed by atoms with Gasteiger partial charge in [0.05, 0.1) is 0 Å². The average molecular weight is 289 g/mol. The SMILES string of the molecule is CC1NC(=O)C(c2ccccc2)N(CCCN(C)C)C1=O. The van der Waals surface area contributed by atoms with Crippen LogP contribution >= 0.6 is 0 Å². The molecule has 0 spiro atoms. The Morgan fingerprint density at radius 2 is 1.86 bits per heavy atom. The highest BCUT2D eigenvalue weighted by Crippen LogP contribution is 2.25. The molecule has 0 aliphatic carbocycles. The lowest BCUT2D eigenvalue weighted by Crippen LogP contribution is -2.58. The van der Waals surface area contributed by atoms with E-state index >= 15 is 0 Å². The van der Waals surface area contributed by atoms with E-state index in [0.29, 0.717) is 6.54 Å². The third-order valence-electron chi connectivity index (χ3n) is 3.69. The van der Waals surface area contributed by atoms with Gasteiger partial charge in [0.25, 0.3) is 0 Å². The summed E-state index contributed by atoms with van der Waals surface area (Å²) in [5.74, 6) is -0.111. The second-order valence-electron chi connectivity index (χ2n) is 5.73. The maximum absolute atomic E-state index is 12.4. The summed E-state index contributed by atoms with van der Waals surface area (Å²) in [7, 11) is 4.00. The van der Waals surface area contributed by atoms with Crippen LogP contribution in [0.4, 0.5) is 0 Å². The van der Waals surface area contributed by atoms with Gasteiger partial charge in [0.2, 0.25) is 11.8 Å². The fraction of sp³-hybridized carbons (Fsp3) is 0.500. The first-order chi connectivity index (χ1) is 10.0. The van der Waals surface area contributed by atoms with E-state index < -0.39 is 12.1 Å². The van der Waals surface area contributed by atoms with Crippen molar-refractivity contribution in [3.8, 4) is 0 Å². The molecule has 2 amide bonds. The first-order valence-electron chi connectivity index (χ1n) is 7.31. The van der Waals surface area contributed by atoms with E-state index in [4.69, 9.17) is 0 Å². The molecule has 1 aromatic rings. The molecular weight excluding hydrogens is 266 g/mol. The van der Waals surface area contributed by atoms with Crippen LogP contribution in [-0.2, 0) is 9.59 Å². The molecule has 21 heavy (non-hydrogen) atoms. The molecular formula is C16H23N3O2. The fourth-order valence-corrected chi connectivity index (χ4v) is 2.63. The summed E-state index contributed by atoms with van der Waals surface area (Å²) in [6.45, 7) is 3.22. The zero-order valence-electron chi connectivity index (χ0n) is 12.9. The molecule has 5 heteroatoms. The molecule has 1 fully saturated rings. The predicted molar refractivity (Wildman–Crippen MR) is 81.7 cm³/mol. The topological polar surface area (TPSA) is 52.7 Å². The summed E-state index contributed by atoms with van der Waals surface area (Å²) >= 11 is 0. The van der Waals surface area contributed by atoms with Crippen molar-refractivity contribution >= 4 is 11.8 Å². The highest BCUT2D eigenvalue weighted by atomic mass is 16.2. The van der Waals surface area contributed by atoms with Gasteiger partial charge in [-0.25, -0.2) is 0 Å². The Morgan fingerprint density at radius 3 is 2.48 bits per heavy atom. The standard InChI is InChI=1S/C16H23N3O2/c1-12-16(21)19(11-7-10-18(2)3)14(15(20)17-12)13-8-5-4-6-9-13/h4-6,8-9,12,14H,7,10-11H2,1-3H3,(H,17,20). The summed E-state index contributed by atoms with van der Waals surface area (Å²) in [6.07, 6.45) is 0.849. The number of rotatable bonds is 5. The number of benzene rings is 1. The Labute approximate surface area is 125 Å². The van der Waals surface area contributed by atoms with Gasteiger partial charge in [-0.3, -0.25) is 9.59 Å². The van der Waals surface area contributed by atoms with Gasteiger partial charge >= 0.3 is 0 Å². The van der Waals surface area contributed by atoms with E-state index in [1.165, 1.54) is 0 Å². The normalized spacial score (nSPS) is 22.6. The van der Waals surface area contributed by atoms with Gasteiger partial charge in [-0.2, -0.15) is 0 Å². The van der Waals surface area contributed by atoms with E-state index in [-0.39, 0.29) is 11.8 Å². The molecule has 1 aromatic carbocycles. The second kappa shape index (κ2) is 6.72. The number of piperazine rings is 1. The Bertz CT molecular complexity index is 502. The van der Waals surface area contributed by atoms with Gasteiger partial charge in [-0.1, -0.05) is 30.3 Å². The van der Waals surface area contributed by atoms with Crippen LogP contribution in [0.5, 0.6) is 0 Å². The lowest BCUT2D eigenvalue weighted by atomic mass is 10.00. The minimum atomic E-state index is -0.517. The molecule has 2 unspecified atom stereocenters. The molecule has 1 N–H and O–H groups in total. The molecule has 2 rings (SSSR count). The summed E-state index contributed by atoms with van der Waals surface area (Å²) in [4.78, 5) is 28.6. The molecule has 0 saturated carbocycles. The predicted octanol–water partition coefficient (Wildman–Crippen LogP) is 1.03. The summed E-state index contributed by atoms with van der Waals surface area (Å²) in [6, 6.07) is 8.52. The smallest absolute Gasteiger partial charge is 0.248 e. The Kier molecular flexibility index (Phi) is 4.96. The summed E-state index contributed by atoms with van der Waals surface area (Å²) in [5.41, 5.74) is 0.861. The highest BCUT2D eigenvalue weighted by Gasteiger charge is 2.38. The van der Waals surface area contributed by atoms with Crippen molar-refractivity contribution in [2.24, 2.45) is 0 Å². The van der Waals surface area contributed by atoms with Crippen LogP contribution in [0.1, 0.15) is 24.9 Å². The number of nitrogens with one attached hydrogen (secondary N) is 1. The van der Waals surface area contributed by atoms with Crippen LogP contribution < -0.4 is 5.32 Å². The molecule has 114 valence electrons. The highest BCUT2D eigenvalue weighted by molar-refractivity contribution is 5.97. The molecule has 1 heterocycles. The Balaban J connectivity index is 2.20. The Morgan fingerprint density at radius 1 is 1.19 bits per heavy atom. The van der Waals surface area contributed by atoms with Crippen LogP contribution in [-0.4, -0.2) is 54.8 Å². The third-order valence-corrected chi connectivity index (χ3v) is 3.69. The molecule has 5 nitrogen and oxygen atoms in total. The Hall–Kier alpha value is -1.88. The minimum absolute atomic E-state index is 0.0118. The zero-order chi connectivity index (χ0) is 15.4. The van der Waals surface area contributed by atoms with Gasteiger partial charge in [0.1, 0.15) is 12.1 Å². The maximum Gasteiger partial charge on any atom is 0.248 e. The van der Waals surface area contributed by atoms with Crippen molar-refractivity contribution < 1.29 is 9.59 Å². The van der Waals surface area contributed by atoms with Crippen molar-refractivity contribution in [3.63, 3.8) is 0 Å². The van der Waals surface area contributed by atoms with Gasteiger partial charge in [-0.15, -0.1) is 0 Å². The second-order valence-corrected chi connectivity index (χ2v) is 5.73. The van der Waals surface area contributed by atoms with Crippen LogP contribution in [0.25, 0.3) is 0 Å². The molecule has 1 aliphatic heterocycles. The van der Waals surface area contributed by atoms with Crippen molar-refractivity contribution in [1.82, 2.24) is 15.1 Å². The van der Waals surface area contributed by atoms with E-state index in [0.717, 1.165) is 18.5 Å². The number of carbonyl (C=O) groups is 2. The number of amides is 2. The monoisotopic (exact) mass is 289 g/mol. The molecule has 2 atom stereocenters. The molecule has 0 bridgehead atoms. The zero-order valence-corrected chi connectivity index (χ0v) is 12.9. The average Bonchev–Trinajstić information content (AvgIpc) is 2.44. The van der Waals surface area contributed by atoms with Gasteiger partial charge in [0, 0.05) is 6.54 Å². The molecule has 0 aromatic heterocycles. The van der Waals surface area contributed by atoms with E-state index in [9.17, 15) is 9.59 Å². The number of hydrogen-bond acceptors (Lipinski definition) is 3. The summed E-state index contributed by atoms with van der Waals surface area (Å²) in [5, 5.41) is 2.77. The van der Waals surface area contributed by atoms with Crippen molar-refractivity contribution in [1.29, 1.82) is 0 Å². The van der Waals surface area contributed by atoms with Gasteiger partial charge < -0.3 is 15.1 Å². The largest absolute Gasteiger partial charge is 0.342 e. The lowest BCUT2D eigenvalue weighted by Gasteiger charge is -2.38. The third kappa shape index (κ3) is 3.61. The van der Waals surface area contributed by atoms with Crippen LogP contribution in [0.3, 0.4) is 0 Å². The van der Waals surface area contributed by atoms with Crippen molar-refractivity contribution in [2.45, 2.75) is 25.4 Å². The summed E-state index contributed by atoms with van der Waals surface area (Å²) < 4.78 is 0. The fourth-order valence-electron chi connectivity index (χ4n) is 2.63. The van der Waals surface area contributed by atoms with E-state index in [2.05, 4.69) is 10.2 Å². The lowest BCUT2D eigenvalue weighted by molar-refractivity contribution is -0.149. The van der Waals surface area contributed by atoms with Gasteiger partial charge in [0.15, 0.2) is 0 Å². The maximum atomic E-state index is 12.4. The minimum Gasteiger partial charge on any atom is -0.342 e. The van der Waals surface area contributed by atoms with Crippen molar-refractivity contribution in [3.05, 3.63) is 35.9 Å². The number of nitrogens with zero attached hydrogens (tertiary/aromatic N) is 2. The first-order valence-corrected chi connectivity index (χ1v) is 7.31. The first kappa shape index (κ1) is 15.5. The van der Waals surface area contributed by atoms with Crippen LogP contribution in [0, 0.1) is 0 Å². The van der Waals surface area contributed by atoms with E-state index in [1.54, 1.807) is 11.8 Å². The quantitative estimate of drug-likeness (QED) is 0.881. The van der Waals surface area contributed by atoms with Crippen LogP contribution in [0.15, 0.2) is 30.3 Å². The number of hydrogen-bond donors (Lipinski definition) is 1. The van der Waals surface area contributed by atoms with Gasteiger partial charge in [-0.05, 0) is 39.5 Å². The number of carbonyl (C=O) groups excluding carboxylic acids is 2. The van der Waals surface area contributed by atoms with Crippen molar-refractivity contribution in [2.75, 3.05) is 27.2 Å².